The van der Waals surface area contributed by atoms with Crippen LogP contribution in [0.5, 0.6) is 0 Å². The Bertz CT molecular complexity index is 3570. The molecule has 0 spiro atoms. The van der Waals surface area contributed by atoms with Crippen molar-refractivity contribution >= 4 is 44.1 Å². The van der Waals surface area contributed by atoms with Crippen LogP contribution < -0.4 is 0 Å². The highest BCUT2D eigenvalue weighted by Crippen LogP contribution is 2.41. The number of hydrogen-bond acceptors (Lipinski definition) is 3. The zero-order valence-electron chi connectivity index (χ0n) is 36.8. The number of allylic oxidation sites excluding steroid dienone is 1. The Balaban J connectivity index is 0.958. The Kier molecular flexibility index (Phi) is 9.98. The molecule has 12 rings (SSSR count). The summed E-state index contributed by atoms with van der Waals surface area (Å²) in [6.07, 6.45) is 6.39. The summed E-state index contributed by atoms with van der Waals surface area (Å²) in [5.74, 6) is 1.93. The van der Waals surface area contributed by atoms with Crippen LogP contribution in [-0.2, 0) is 19.3 Å². The molecule has 4 heteroatoms. The van der Waals surface area contributed by atoms with Gasteiger partial charge in [0.2, 0.25) is 0 Å². The molecule has 0 unspecified atom stereocenters. The van der Waals surface area contributed by atoms with Crippen LogP contribution in [0.4, 0.5) is 0 Å². The first-order valence-electron chi connectivity index (χ1n) is 23.0. The second-order valence-corrected chi connectivity index (χ2v) is 17.5. The minimum atomic E-state index is 0.635. The summed E-state index contributed by atoms with van der Waals surface area (Å²) in [5.41, 5.74) is 17.0. The van der Waals surface area contributed by atoms with Crippen molar-refractivity contribution in [3.8, 4) is 51.0 Å². The van der Waals surface area contributed by atoms with Gasteiger partial charge in [-0.25, -0.2) is 15.0 Å². The van der Waals surface area contributed by atoms with E-state index in [1.54, 1.807) is 0 Å². The third kappa shape index (κ3) is 7.37. The van der Waals surface area contributed by atoms with Crippen LogP contribution in [0, 0.1) is 6.92 Å². The highest BCUT2D eigenvalue weighted by Gasteiger charge is 2.23. The Morgan fingerprint density at radius 3 is 1.77 bits per heavy atom. The van der Waals surface area contributed by atoms with E-state index in [1.807, 2.05) is 0 Å². The summed E-state index contributed by atoms with van der Waals surface area (Å²) in [6.45, 7) is 2.24. The molecule has 0 radical (unpaired) electrons. The Hall–Kier alpha value is -8.21. The van der Waals surface area contributed by atoms with Gasteiger partial charge in [0.05, 0.1) is 11.2 Å². The number of para-hydroxylation sites is 1. The molecule has 1 aliphatic rings. The molecule has 9 aromatic carbocycles. The zero-order valence-corrected chi connectivity index (χ0v) is 36.8. The quantitative estimate of drug-likeness (QED) is 0.145. The Labute approximate surface area is 385 Å². The maximum Gasteiger partial charge on any atom is 0.164 e. The van der Waals surface area contributed by atoms with E-state index >= 15 is 0 Å². The summed E-state index contributed by atoms with van der Waals surface area (Å²) >= 11 is 0. The summed E-state index contributed by atoms with van der Waals surface area (Å²) in [7, 11) is 0. The van der Waals surface area contributed by atoms with Crippen molar-refractivity contribution in [1.82, 2.24) is 19.5 Å². The van der Waals surface area contributed by atoms with Gasteiger partial charge < -0.3 is 4.57 Å². The molecule has 4 nitrogen and oxygen atoms in total. The van der Waals surface area contributed by atoms with Crippen LogP contribution >= 0.6 is 0 Å². The number of fused-ring (bicyclic) bond motifs is 5. The van der Waals surface area contributed by atoms with Crippen molar-refractivity contribution in [3.05, 3.63) is 240 Å². The van der Waals surface area contributed by atoms with Crippen LogP contribution in [0.3, 0.4) is 0 Å². The van der Waals surface area contributed by atoms with Gasteiger partial charge >= 0.3 is 0 Å². The average molecular weight is 847 g/mol. The first-order chi connectivity index (χ1) is 32.6. The molecular formula is C62H46N4. The number of hydrogen-bond donors (Lipinski definition) is 0. The second-order valence-electron chi connectivity index (χ2n) is 17.5. The molecule has 0 bridgehead atoms. The van der Waals surface area contributed by atoms with Crippen molar-refractivity contribution in [1.29, 1.82) is 0 Å². The van der Waals surface area contributed by atoms with Crippen molar-refractivity contribution in [2.75, 3.05) is 0 Å². The van der Waals surface area contributed by atoms with Gasteiger partial charge in [0.15, 0.2) is 17.5 Å². The van der Waals surface area contributed by atoms with Gasteiger partial charge in [-0.15, -0.1) is 0 Å². The SMILES string of the molecule is Cc1ccc(C2=Cc3c(c4ccccc4n3-c3cccc(-c4nc(-c5ccc6ccccc6c5)nc(-c5ccc6ccccc6c5)n4)c3)CC2)cc1-c1ccccc1CCc1ccccc1. The van der Waals surface area contributed by atoms with Crippen molar-refractivity contribution in [2.24, 2.45) is 0 Å². The lowest BCUT2D eigenvalue weighted by Crippen LogP contribution is -2.04. The maximum atomic E-state index is 5.22. The predicted molar refractivity (Wildman–Crippen MR) is 275 cm³/mol. The van der Waals surface area contributed by atoms with E-state index in [0.717, 1.165) is 58.8 Å². The minimum Gasteiger partial charge on any atom is -0.310 e. The van der Waals surface area contributed by atoms with Gasteiger partial charge in [-0.05, 0) is 141 Å². The van der Waals surface area contributed by atoms with Gasteiger partial charge in [0.25, 0.3) is 0 Å². The summed E-state index contributed by atoms with van der Waals surface area (Å²) in [4.78, 5) is 15.6. The van der Waals surface area contributed by atoms with Crippen molar-refractivity contribution < 1.29 is 0 Å². The van der Waals surface area contributed by atoms with E-state index in [0.29, 0.717) is 17.5 Å². The highest BCUT2D eigenvalue weighted by molar-refractivity contribution is 5.96. The lowest BCUT2D eigenvalue weighted by atomic mass is 9.87. The van der Waals surface area contributed by atoms with Gasteiger partial charge in [0.1, 0.15) is 0 Å². The van der Waals surface area contributed by atoms with Crippen LogP contribution in [0.25, 0.3) is 95.1 Å². The van der Waals surface area contributed by atoms with E-state index < -0.39 is 0 Å². The fourth-order valence-corrected chi connectivity index (χ4v) is 9.98. The first-order valence-corrected chi connectivity index (χ1v) is 23.0. The number of rotatable bonds is 9. The van der Waals surface area contributed by atoms with Crippen LogP contribution in [0.2, 0.25) is 0 Å². The third-order valence-corrected chi connectivity index (χ3v) is 13.4. The number of aromatic nitrogens is 4. The zero-order chi connectivity index (χ0) is 44.0. The smallest absolute Gasteiger partial charge is 0.164 e. The Morgan fingerprint density at radius 2 is 1.05 bits per heavy atom. The number of benzene rings is 9. The van der Waals surface area contributed by atoms with Crippen LogP contribution in [0.15, 0.2) is 206 Å². The van der Waals surface area contributed by atoms with E-state index in [4.69, 9.17) is 15.0 Å². The van der Waals surface area contributed by atoms with E-state index in [1.165, 1.54) is 71.9 Å². The van der Waals surface area contributed by atoms with Gasteiger partial charge in [-0.1, -0.05) is 170 Å². The first kappa shape index (κ1) is 39.4. The third-order valence-electron chi connectivity index (χ3n) is 13.4. The van der Waals surface area contributed by atoms with Crippen molar-refractivity contribution in [2.45, 2.75) is 32.6 Å². The van der Waals surface area contributed by atoms with Gasteiger partial charge in [-0.3, -0.25) is 0 Å². The summed E-state index contributed by atoms with van der Waals surface area (Å²) in [5, 5.41) is 5.95. The molecule has 0 saturated heterocycles. The molecule has 2 heterocycles. The number of aryl methyl sites for hydroxylation is 4. The van der Waals surface area contributed by atoms with E-state index in [9.17, 15) is 0 Å². The molecular weight excluding hydrogens is 801 g/mol. The highest BCUT2D eigenvalue weighted by atomic mass is 15.0. The molecule has 0 amide bonds. The van der Waals surface area contributed by atoms with Crippen molar-refractivity contribution in [3.63, 3.8) is 0 Å². The molecule has 0 atom stereocenters. The fourth-order valence-electron chi connectivity index (χ4n) is 9.98. The van der Waals surface area contributed by atoms with Crippen LogP contribution in [-0.4, -0.2) is 19.5 Å². The van der Waals surface area contributed by atoms with E-state index in [-0.39, 0.29) is 0 Å². The molecule has 66 heavy (non-hydrogen) atoms. The molecule has 314 valence electrons. The molecule has 0 aliphatic heterocycles. The van der Waals surface area contributed by atoms with E-state index in [2.05, 4.69) is 224 Å². The predicted octanol–water partition coefficient (Wildman–Crippen LogP) is 15.4. The Morgan fingerprint density at radius 1 is 0.439 bits per heavy atom. The number of nitrogens with zero attached hydrogens (tertiary/aromatic N) is 4. The second kappa shape index (κ2) is 16.7. The monoisotopic (exact) mass is 846 g/mol. The molecule has 0 N–H and O–H groups in total. The molecule has 2 aromatic heterocycles. The molecule has 0 fully saturated rings. The summed E-state index contributed by atoms with van der Waals surface area (Å²) < 4.78 is 2.44. The van der Waals surface area contributed by atoms with Crippen LogP contribution in [0.1, 0.15) is 39.9 Å². The molecule has 0 saturated carbocycles. The standard InChI is InChI=1S/C62H46N4/c1-41-26-28-48(39-57(41)54-23-10-9-18-45(54)29-27-42-14-3-2-4-15-42)49-34-35-56-55-24-11-12-25-58(55)66(59(56)40-49)53-22-13-21-50(38-53)60-63-61(51-32-30-43-16-5-7-19-46(43)36-51)65-62(64-60)52-33-31-44-17-6-8-20-47(44)37-52/h2-26,28,30-33,36-40H,27,29,34-35H2,1H3. The fraction of sp³-hybridized carbons (Fsp3) is 0.0806. The van der Waals surface area contributed by atoms with Gasteiger partial charge in [0, 0.05) is 27.8 Å². The normalized spacial score (nSPS) is 12.4. The average Bonchev–Trinajstić information content (AvgIpc) is 3.72. The largest absolute Gasteiger partial charge is 0.310 e. The lowest BCUT2D eigenvalue weighted by Gasteiger charge is -2.19. The lowest BCUT2D eigenvalue weighted by molar-refractivity contribution is 0.962. The minimum absolute atomic E-state index is 0.635. The van der Waals surface area contributed by atoms with Gasteiger partial charge in [-0.2, -0.15) is 0 Å². The topological polar surface area (TPSA) is 43.6 Å². The molecule has 1 aliphatic carbocycles. The molecule has 11 aromatic rings. The summed E-state index contributed by atoms with van der Waals surface area (Å²) in [6, 6.07) is 74.1. The maximum absolute atomic E-state index is 5.22.